The number of piperidine rings is 1. The maximum Gasteiger partial charge on any atom is 0.280 e. The van der Waals surface area contributed by atoms with Gasteiger partial charge in [-0.05, 0) is 26.0 Å². The van der Waals surface area contributed by atoms with Crippen LogP contribution in [0.4, 0.5) is 14.6 Å². The minimum Gasteiger partial charge on any atom is -0.499 e. The Balaban J connectivity index is 1.31. The first-order valence-corrected chi connectivity index (χ1v) is 12.5. The van der Waals surface area contributed by atoms with Crippen molar-refractivity contribution in [2.24, 2.45) is 0 Å². The number of nitrogens with zero attached hydrogens (tertiary/aromatic N) is 4. The molecule has 14 heteroatoms. The van der Waals surface area contributed by atoms with Crippen LogP contribution in [0.15, 0.2) is 29.1 Å². The number of alkyl halides is 2. The average Bonchev–Trinajstić information content (AvgIpc) is 2.82. The lowest BCUT2D eigenvalue weighted by atomic mass is 9.41. The number of rotatable bonds is 4. The fraction of sp³-hybridized carbons (Fsp3) is 0.435. The lowest BCUT2D eigenvalue weighted by molar-refractivity contribution is 0.0609. The highest BCUT2D eigenvalue weighted by molar-refractivity contribution is 6.53. The maximum absolute atomic E-state index is 13.2. The van der Waals surface area contributed by atoms with Crippen LogP contribution in [0.5, 0.6) is 17.2 Å². The SMILES string of the molecule is BC1(B)Oc2ccc(OC3CCN(c4nn5c(=O)cc(C(F)F)nc5c(C)c4C)CC3)cc2OC1(B)B. The van der Waals surface area contributed by atoms with Crippen molar-refractivity contribution in [3.63, 3.8) is 0 Å². The second-order valence-electron chi connectivity index (χ2n) is 10.8. The van der Waals surface area contributed by atoms with E-state index in [1.165, 1.54) is 0 Å². The largest absolute Gasteiger partial charge is 0.499 e. The van der Waals surface area contributed by atoms with Crippen LogP contribution >= 0.6 is 0 Å². The highest BCUT2D eigenvalue weighted by Crippen LogP contribution is 2.41. The van der Waals surface area contributed by atoms with Crippen molar-refractivity contribution < 1.29 is 23.0 Å². The third-order valence-electron chi connectivity index (χ3n) is 7.71. The maximum atomic E-state index is 13.2. The Bertz CT molecular complexity index is 1430. The molecule has 0 unspecified atom stereocenters. The quantitative estimate of drug-likeness (QED) is 0.434. The molecule has 3 aromatic rings. The van der Waals surface area contributed by atoms with Crippen molar-refractivity contribution in [1.29, 1.82) is 0 Å². The highest BCUT2D eigenvalue weighted by Gasteiger charge is 2.44. The molecule has 8 nitrogen and oxygen atoms in total. The first-order chi connectivity index (χ1) is 17.4. The zero-order valence-electron chi connectivity index (χ0n) is 22.0. The van der Waals surface area contributed by atoms with Gasteiger partial charge in [0, 0.05) is 49.2 Å². The van der Waals surface area contributed by atoms with E-state index in [1.807, 2.05) is 56.5 Å². The highest BCUT2D eigenvalue weighted by atomic mass is 19.3. The number of hydrogen-bond donors (Lipinski definition) is 0. The molecule has 1 aromatic carbocycles. The van der Waals surface area contributed by atoms with Crippen molar-refractivity contribution >= 4 is 42.9 Å². The number of anilines is 1. The summed E-state index contributed by atoms with van der Waals surface area (Å²) in [5.74, 6) is 2.74. The van der Waals surface area contributed by atoms with Crippen molar-refractivity contribution in [2.45, 2.75) is 50.0 Å². The molecular weight excluding hydrogens is 478 g/mol. The third-order valence-corrected chi connectivity index (χ3v) is 7.71. The van der Waals surface area contributed by atoms with Crippen LogP contribution in [0.1, 0.15) is 36.1 Å². The van der Waals surface area contributed by atoms with E-state index in [4.69, 9.17) is 14.2 Å². The summed E-state index contributed by atoms with van der Waals surface area (Å²) in [4.78, 5) is 18.6. The predicted molar refractivity (Wildman–Crippen MR) is 147 cm³/mol. The topological polar surface area (TPSA) is 78.2 Å². The van der Waals surface area contributed by atoms with E-state index in [0.29, 0.717) is 36.0 Å². The van der Waals surface area contributed by atoms with Crippen molar-refractivity contribution in [1.82, 2.24) is 14.6 Å². The zero-order valence-corrected chi connectivity index (χ0v) is 22.0. The van der Waals surface area contributed by atoms with Crippen LogP contribution in [0.25, 0.3) is 5.65 Å². The van der Waals surface area contributed by atoms with Crippen LogP contribution in [-0.4, -0.2) is 76.0 Å². The molecule has 5 rings (SSSR count). The van der Waals surface area contributed by atoms with Crippen LogP contribution in [0.2, 0.25) is 0 Å². The molecule has 190 valence electrons. The van der Waals surface area contributed by atoms with Crippen molar-refractivity contribution in [3.05, 3.63) is 51.4 Å². The number of halogens is 2. The summed E-state index contributed by atoms with van der Waals surface area (Å²) < 4.78 is 46.1. The minimum atomic E-state index is -2.82. The van der Waals surface area contributed by atoms with Crippen LogP contribution in [0, 0.1) is 13.8 Å². The Hall–Kier alpha value is -3.17. The molecule has 0 saturated carbocycles. The first kappa shape index (κ1) is 25.5. The van der Waals surface area contributed by atoms with Gasteiger partial charge in [-0.25, -0.2) is 13.8 Å². The molecule has 0 N–H and O–H groups in total. The van der Waals surface area contributed by atoms with E-state index in [9.17, 15) is 13.6 Å². The fourth-order valence-electron chi connectivity index (χ4n) is 4.65. The lowest BCUT2D eigenvalue weighted by Gasteiger charge is -2.47. The molecule has 2 aromatic heterocycles. The minimum absolute atomic E-state index is 0.00288. The third kappa shape index (κ3) is 4.55. The number of fused-ring (bicyclic) bond motifs is 2. The fourth-order valence-corrected chi connectivity index (χ4v) is 4.65. The number of aromatic nitrogens is 3. The molecular formula is C23H28B4F2N4O4. The van der Waals surface area contributed by atoms with E-state index in [2.05, 4.69) is 15.0 Å². The molecule has 0 aliphatic carbocycles. The van der Waals surface area contributed by atoms with E-state index >= 15 is 0 Å². The number of ether oxygens (including phenoxy) is 3. The van der Waals surface area contributed by atoms with Crippen LogP contribution in [-0.2, 0) is 0 Å². The lowest BCUT2D eigenvalue weighted by Crippen LogP contribution is -2.65. The molecule has 37 heavy (non-hydrogen) atoms. The Labute approximate surface area is 217 Å². The summed E-state index contributed by atoms with van der Waals surface area (Å²) in [5.41, 5.74) is 0.479. The zero-order chi connectivity index (χ0) is 26.7. The van der Waals surface area contributed by atoms with Gasteiger partial charge in [0.05, 0.1) is 10.8 Å². The van der Waals surface area contributed by atoms with Gasteiger partial charge in [-0.15, -0.1) is 5.10 Å². The number of benzene rings is 1. The summed E-state index contributed by atoms with van der Waals surface area (Å²) in [7, 11) is 8.03. The molecule has 0 atom stereocenters. The Morgan fingerprint density at radius 1 is 1.03 bits per heavy atom. The molecule has 1 fully saturated rings. The summed E-state index contributed by atoms with van der Waals surface area (Å²) in [6, 6.07) is 6.50. The molecule has 0 spiro atoms. The Morgan fingerprint density at radius 2 is 1.68 bits per heavy atom. The van der Waals surface area contributed by atoms with Gasteiger partial charge in [0.25, 0.3) is 12.0 Å². The van der Waals surface area contributed by atoms with Gasteiger partial charge in [0.15, 0.2) is 23.0 Å². The second-order valence-corrected chi connectivity index (χ2v) is 10.8. The van der Waals surface area contributed by atoms with Crippen molar-refractivity contribution in [3.8, 4) is 17.2 Å². The van der Waals surface area contributed by atoms with Crippen molar-refractivity contribution in [2.75, 3.05) is 18.0 Å². The standard InChI is InChI=1S/C23H28B4F2N4O4/c1-11-12(2)21(31-33-18(34)10-15(19(28)29)30-20(11)33)32-7-5-13(6-8-32)35-14-3-4-16-17(9-14)37-23(26,27)22(24,25)36-16/h3-4,9-10,13,19H,5-8,24-27H2,1-2H3. The van der Waals surface area contributed by atoms with E-state index in [-0.39, 0.29) is 11.8 Å². The molecule has 1 saturated heterocycles. The Kier molecular flexibility index (Phi) is 6.19. The van der Waals surface area contributed by atoms with E-state index < -0.39 is 28.5 Å². The molecule has 0 radical (unpaired) electrons. The molecule has 0 bridgehead atoms. The van der Waals surface area contributed by atoms with E-state index in [1.54, 1.807) is 6.92 Å². The Morgan fingerprint density at radius 3 is 2.32 bits per heavy atom. The molecule has 2 aliphatic rings. The summed E-state index contributed by atoms with van der Waals surface area (Å²) in [5, 5.41) is 3.54. The van der Waals surface area contributed by atoms with Gasteiger partial charge in [-0.3, -0.25) is 4.79 Å². The number of hydrogen-bond acceptors (Lipinski definition) is 7. The first-order valence-electron chi connectivity index (χ1n) is 12.5. The molecule has 4 heterocycles. The summed E-state index contributed by atoms with van der Waals surface area (Å²) in [6.45, 7) is 5.00. The normalized spacial score (nSPS) is 18.8. The number of aryl methyl sites for hydroxylation is 1. The molecule has 0 amide bonds. The summed E-state index contributed by atoms with van der Waals surface area (Å²) >= 11 is 0. The monoisotopic (exact) mass is 506 g/mol. The second kappa shape index (κ2) is 8.99. The average molecular weight is 506 g/mol. The smallest absolute Gasteiger partial charge is 0.280 e. The van der Waals surface area contributed by atoms with Crippen LogP contribution in [0.3, 0.4) is 0 Å². The molecule has 2 aliphatic heterocycles. The van der Waals surface area contributed by atoms with Gasteiger partial charge in [0.2, 0.25) is 0 Å². The van der Waals surface area contributed by atoms with Gasteiger partial charge in [-0.2, -0.15) is 4.52 Å². The van der Waals surface area contributed by atoms with Gasteiger partial charge >= 0.3 is 0 Å². The van der Waals surface area contributed by atoms with Crippen LogP contribution < -0.4 is 24.7 Å². The van der Waals surface area contributed by atoms with Gasteiger partial charge in [-0.1, -0.05) is 0 Å². The summed E-state index contributed by atoms with van der Waals surface area (Å²) in [6.07, 6.45) is -1.31. The van der Waals surface area contributed by atoms with Gasteiger partial charge < -0.3 is 19.1 Å². The predicted octanol–water partition coefficient (Wildman–Crippen LogP) is -0.697. The van der Waals surface area contributed by atoms with E-state index in [0.717, 1.165) is 34.7 Å². The van der Waals surface area contributed by atoms with Gasteiger partial charge in [0.1, 0.15) is 48.9 Å².